The first-order chi connectivity index (χ1) is 11.4. The van der Waals surface area contributed by atoms with E-state index in [2.05, 4.69) is 55.7 Å². The van der Waals surface area contributed by atoms with Gasteiger partial charge < -0.3 is 10.6 Å². The number of hydrogen-bond acceptors (Lipinski definition) is 2. The lowest BCUT2D eigenvalue weighted by Gasteiger charge is -2.22. The van der Waals surface area contributed by atoms with Crippen LogP contribution in [0, 0.1) is 5.92 Å². The fraction of sp³-hybridized carbons (Fsp3) is 0.667. The Bertz CT molecular complexity index is 496. The molecule has 0 spiro atoms. The molecule has 1 unspecified atom stereocenters. The number of carbonyl (C=O) groups excluding carboxylic acids is 1. The first-order valence-corrected chi connectivity index (χ1v) is 9.52. The Labute approximate surface area is 147 Å². The van der Waals surface area contributed by atoms with Crippen LogP contribution in [0.2, 0.25) is 0 Å². The summed E-state index contributed by atoms with van der Waals surface area (Å²) in [6.45, 7) is 9.73. The predicted molar refractivity (Wildman–Crippen MR) is 101 cm³/mol. The molecule has 0 saturated carbocycles. The maximum atomic E-state index is 11.9. The second-order valence-corrected chi connectivity index (χ2v) is 8.17. The van der Waals surface area contributed by atoms with Gasteiger partial charge in [-0.15, -0.1) is 0 Å². The Kier molecular flexibility index (Phi) is 7.29. The van der Waals surface area contributed by atoms with Gasteiger partial charge in [0.15, 0.2) is 0 Å². The lowest BCUT2D eigenvalue weighted by molar-refractivity contribution is -0.121. The van der Waals surface area contributed by atoms with E-state index < -0.39 is 0 Å². The van der Waals surface area contributed by atoms with Crippen molar-refractivity contribution in [1.82, 2.24) is 10.6 Å². The number of benzene rings is 1. The standard InChI is InChI=1S/C21H34N2O/c1-21(2,3)19-12-10-17(11-13-19)7-4-5-9-20(24)23-16-18-8-6-14-22-15-18/h10-13,18,22H,4-9,14-16H2,1-3H3,(H,23,24). The van der Waals surface area contributed by atoms with E-state index in [0.29, 0.717) is 12.3 Å². The lowest BCUT2D eigenvalue weighted by Crippen LogP contribution is -2.38. The Balaban J connectivity index is 1.59. The zero-order chi connectivity index (χ0) is 17.4. The number of carbonyl (C=O) groups is 1. The van der Waals surface area contributed by atoms with Crippen molar-refractivity contribution in [2.75, 3.05) is 19.6 Å². The normalized spacial score (nSPS) is 18.4. The molecule has 1 amide bonds. The highest BCUT2D eigenvalue weighted by Crippen LogP contribution is 2.22. The molecule has 1 heterocycles. The van der Waals surface area contributed by atoms with Gasteiger partial charge in [-0.3, -0.25) is 4.79 Å². The van der Waals surface area contributed by atoms with E-state index in [-0.39, 0.29) is 11.3 Å². The molecule has 24 heavy (non-hydrogen) atoms. The molecule has 134 valence electrons. The summed E-state index contributed by atoms with van der Waals surface area (Å²) in [5.41, 5.74) is 2.96. The minimum atomic E-state index is 0.212. The third-order valence-corrected chi connectivity index (χ3v) is 4.93. The molecule has 2 N–H and O–H groups in total. The molecule has 2 rings (SSSR count). The molecule has 1 aromatic carbocycles. The van der Waals surface area contributed by atoms with Crippen LogP contribution >= 0.6 is 0 Å². The first kappa shape index (κ1) is 19.0. The molecular formula is C21H34N2O. The number of unbranched alkanes of at least 4 members (excludes halogenated alkanes) is 1. The third kappa shape index (κ3) is 6.64. The van der Waals surface area contributed by atoms with Crippen LogP contribution < -0.4 is 10.6 Å². The minimum Gasteiger partial charge on any atom is -0.356 e. The fourth-order valence-corrected chi connectivity index (χ4v) is 3.23. The van der Waals surface area contributed by atoms with Crippen LogP contribution in [-0.4, -0.2) is 25.5 Å². The molecule has 1 atom stereocenters. The van der Waals surface area contributed by atoms with Crippen molar-refractivity contribution in [2.24, 2.45) is 5.92 Å². The van der Waals surface area contributed by atoms with E-state index in [1.807, 2.05) is 0 Å². The van der Waals surface area contributed by atoms with Crippen molar-refractivity contribution >= 4 is 5.91 Å². The number of rotatable bonds is 7. The van der Waals surface area contributed by atoms with Crippen LogP contribution in [0.3, 0.4) is 0 Å². The number of aryl methyl sites for hydroxylation is 1. The van der Waals surface area contributed by atoms with E-state index in [1.165, 1.54) is 24.0 Å². The minimum absolute atomic E-state index is 0.212. The zero-order valence-electron chi connectivity index (χ0n) is 15.7. The zero-order valence-corrected chi connectivity index (χ0v) is 15.7. The maximum Gasteiger partial charge on any atom is 0.220 e. The van der Waals surface area contributed by atoms with Crippen molar-refractivity contribution in [1.29, 1.82) is 0 Å². The highest BCUT2D eigenvalue weighted by atomic mass is 16.1. The van der Waals surface area contributed by atoms with Crippen LogP contribution in [-0.2, 0) is 16.6 Å². The van der Waals surface area contributed by atoms with Gasteiger partial charge in [0.1, 0.15) is 0 Å². The summed E-state index contributed by atoms with van der Waals surface area (Å²) in [6.07, 6.45) is 6.22. The summed E-state index contributed by atoms with van der Waals surface area (Å²) < 4.78 is 0. The highest BCUT2D eigenvalue weighted by molar-refractivity contribution is 5.75. The van der Waals surface area contributed by atoms with Crippen LogP contribution in [0.4, 0.5) is 0 Å². The second kappa shape index (κ2) is 9.22. The molecule has 0 radical (unpaired) electrons. The average molecular weight is 331 g/mol. The van der Waals surface area contributed by atoms with Crippen molar-refractivity contribution < 1.29 is 4.79 Å². The van der Waals surface area contributed by atoms with E-state index in [0.717, 1.165) is 38.9 Å². The largest absolute Gasteiger partial charge is 0.356 e. The Morgan fingerprint density at radius 3 is 2.58 bits per heavy atom. The van der Waals surface area contributed by atoms with E-state index in [1.54, 1.807) is 0 Å². The van der Waals surface area contributed by atoms with Gasteiger partial charge in [0, 0.05) is 13.0 Å². The monoisotopic (exact) mass is 330 g/mol. The summed E-state index contributed by atoms with van der Waals surface area (Å²) in [6, 6.07) is 8.94. The van der Waals surface area contributed by atoms with Gasteiger partial charge in [0.05, 0.1) is 0 Å². The van der Waals surface area contributed by atoms with Crippen LogP contribution in [0.5, 0.6) is 0 Å². The van der Waals surface area contributed by atoms with E-state index >= 15 is 0 Å². The number of piperidine rings is 1. The van der Waals surface area contributed by atoms with Gasteiger partial charge in [-0.2, -0.15) is 0 Å². The first-order valence-electron chi connectivity index (χ1n) is 9.52. The summed E-state index contributed by atoms with van der Waals surface area (Å²) in [4.78, 5) is 11.9. The van der Waals surface area contributed by atoms with Crippen LogP contribution in [0.15, 0.2) is 24.3 Å². The quantitative estimate of drug-likeness (QED) is 0.746. The van der Waals surface area contributed by atoms with Gasteiger partial charge in [-0.1, -0.05) is 45.0 Å². The van der Waals surface area contributed by atoms with Crippen LogP contribution in [0.25, 0.3) is 0 Å². The van der Waals surface area contributed by atoms with Crippen molar-refractivity contribution in [3.05, 3.63) is 35.4 Å². The highest BCUT2D eigenvalue weighted by Gasteiger charge is 2.14. The van der Waals surface area contributed by atoms with Gasteiger partial charge in [-0.25, -0.2) is 0 Å². The van der Waals surface area contributed by atoms with Crippen molar-refractivity contribution in [3.8, 4) is 0 Å². The average Bonchev–Trinajstić information content (AvgIpc) is 2.57. The summed E-state index contributed by atoms with van der Waals surface area (Å²) >= 11 is 0. The van der Waals surface area contributed by atoms with Crippen molar-refractivity contribution in [2.45, 2.75) is 64.7 Å². The maximum absolute atomic E-state index is 11.9. The molecule has 0 aliphatic carbocycles. The summed E-state index contributed by atoms with van der Waals surface area (Å²) in [7, 11) is 0. The van der Waals surface area contributed by atoms with Crippen LogP contribution in [0.1, 0.15) is 64.0 Å². The fourth-order valence-electron chi connectivity index (χ4n) is 3.23. The molecule has 0 bridgehead atoms. The third-order valence-electron chi connectivity index (χ3n) is 4.93. The molecule has 1 saturated heterocycles. The van der Waals surface area contributed by atoms with Gasteiger partial charge in [0.25, 0.3) is 0 Å². The van der Waals surface area contributed by atoms with Gasteiger partial charge >= 0.3 is 0 Å². The molecular weight excluding hydrogens is 296 g/mol. The molecule has 1 aliphatic rings. The Morgan fingerprint density at radius 2 is 1.96 bits per heavy atom. The number of nitrogens with one attached hydrogen (secondary N) is 2. The summed E-state index contributed by atoms with van der Waals surface area (Å²) in [5.74, 6) is 0.827. The summed E-state index contributed by atoms with van der Waals surface area (Å²) in [5, 5.41) is 6.49. The van der Waals surface area contributed by atoms with Crippen molar-refractivity contribution in [3.63, 3.8) is 0 Å². The van der Waals surface area contributed by atoms with E-state index in [9.17, 15) is 4.79 Å². The smallest absolute Gasteiger partial charge is 0.220 e. The molecule has 1 fully saturated rings. The molecule has 1 aliphatic heterocycles. The Morgan fingerprint density at radius 1 is 1.21 bits per heavy atom. The molecule has 1 aromatic rings. The number of hydrogen-bond donors (Lipinski definition) is 2. The van der Waals surface area contributed by atoms with Gasteiger partial charge in [0.2, 0.25) is 5.91 Å². The Hall–Kier alpha value is -1.35. The SMILES string of the molecule is CC(C)(C)c1ccc(CCCCC(=O)NCC2CCCNC2)cc1. The lowest BCUT2D eigenvalue weighted by atomic mass is 9.86. The predicted octanol–water partition coefficient (Wildman–Crippen LogP) is 3.81. The molecule has 0 aromatic heterocycles. The molecule has 3 heteroatoms. The topological polar surface area (TPSA) is 41.1 Å². The number of amides is 1. The van der Waals surface area contributed by atoms with Gasteiger partial charge in [-0.05, 0) is 67.7 Å². The van der Waals surface area contributed by atoms with E-state index in [4.69, 9.17) is 0 Å². The second-order valence-electron chi connectivity index (χ2n) is 8.17. The molecule has 3 nitrogen and oxygen atoms in total.